The number of para-hydroxylation sites is 1. The summed E-state index contributed by atoms with van der Waals surface area (Å²) in [6, 6.07) is 43.3. The van der Waals surface area contributed by atoms with Crippen LogP contribution in [0.2, 0.25) is 0 Å². The topological polar surface area (TPSA) is 139 Å². The molecule has 0 saturated carbocycles. The Bertz CT molecular complexity index is 2240. The first-order valence-corrected chi connectivity index (χ1v) is 19.2. The van der Waals surface area contributed by atoms with Crippen LogP contribution >= 0.6 is 11.8 Å². The lowest BCUT2D eigenvalue weighted by atomic mass is 9.91. The van der Waals surface area contributed by atoms with E-state index in [0.717, 1.165) is 39.1 Å². The van der Waals surface area contributed by atoms with Crippen molar-refractivity contribution in [3.63, 3.8) is 0 Å². The van der Waals surface area contributed by atoms with Crippen LogP contribution in [0.15, 0.2) is 151 Å². The van der Waals surface area contributed by atoms with Crippen LogP contribution in [0.1, 0.15) is 51.9 Å². The first-order chi connectivity index (χ1) is 27.3. The van der Waals surface area contributed by atoms with Crippen molar-refractivity contribution >= 4 is 29.4 Å². The van der Waals surface area contributed by atoms with E-state index in [2.05, 4.69) is 22.5 Å². The number of rotatable bonds is 13. The fourth-order valence-electron chi connectivity index (χ4n) is 6.42. The molecule has 10 nitrogen and oxygen atoms in total. The molecule has 2 heterocycles. The summed E-state index contributed by atoms with van der Waals surface area (Å²) in [6.07, 6.45) is 0.299. The fraction of sp³-hybridized carbons (Fsp3) is 0.178. The van der Waals surface area contributed by atoms with Crippen LogP contribution in [-0.4, -0.2) is 39.1 Å². The van der Waals surface area contributed by atoms with Gasteiger partial charge in [0, 0.05) is 35.7 Å². The third-order valence-corrected chi connectivity index (χ3v) is 10.6. The Kier molecular flexibility index (Phi) is 12.4. The zero-order valence-corrected chi connectivity index (χ0v) is 31.4. The first-order valence-electron chi connectivity index (χ1n) is 18.2. The molecule has 284 valence electrons. The molecule has 1 aliphatic rings. The minimum absolute atomic E-state index is 0.0505. The molecule has 56 heavy (non-hydrogen) atoms. The number of hydrogen-bond acceptors (Lipinski definition) is 8. The molecule has 0 spiro atoms. The van der Waals surface area contributed by atoms with E-state index >= 15 is 0 Å². The van der Waals surface area contributed by atoms with E-state index in [1.54, 1.807) is 42.6 Å². The van der Waals surface area contributed by atoms with Crippen molar-refractivity contribution in [2.24, 2.45) is 5.92 Å². The second-order valence-corrected chi connectivity index (χ2v) is 14.4. The van der Waals surface area contributed by atoms with Crippen molar-refractivity contribution in [2.45, 2.75) is 43.6 Å². The number of anilines is 1. The van der Waals surface area contributed by atoms with Crippen LogP contribution < -0.4 is 15.4 Å². The van der Waals surface area contributed by atoms with Crippen LogP contribution in [-0.2, 0) is 22.6 Å². The van der Waals surface area contributed by atoms with Crippen molar-refractivity contribution in [3.05, 3.63) is 174 Å². The SMILES string of the molecule is C[C@@H]1[C@H](CSc2ncccc2C(=O)O)O[C@H](c2ccc(-c3cccc(CNC(=O)Nc4ccc(Oc5ccccc5)cc4)c3)cc2)O[C@@H]1c1ccc(CO)cc1. The molecule has 11 heteroatoms. The number of hydrogen-bond donors (Lipinski definition) is 4. The second kappa shape index (κ2) is 18.1. The number of nitrogens with zero attached hydrogens (tertiary/aromatic N) is 1. The van der Waals surface area contributed by atoms with Gasteiger partial charge in [0.2, 0.25) is 0 Å². The van der Waals surface area contributed by atoms with Gasteiger partial charge >= 0.3 is 12.0 Å². The minimum Gasteiger partial charge on any atom is -0.478 e. The molecule has 1 fully saturated rings. The van der Waals surface area contributed by atoms with E-state index in [4.69, 9.17) is 14.2 Å². The van der Waals surface area contributed by atoms with Gasteiger partial charge in [0.1, 0.15) is 16.5 Å². The Morgan fingerprint density at radius 3 is 2.23 bits per heavy atom. The van der Waals surface area contributed by atoms with Crippen molar-refractivity contribution < 1.29 is 34.0 Å². The molecule has 0 radical (unpaired) electrons. The summed E-state index contributed by atoms with van der Waals surface area (Å²) in [5, 5.41) is 25.5. The van der Waals surface area contributed by atoms with Gasteiger partial charge in [-0.05, 0) is 82.4 Å². The van der Waals surface area contributed by atoms with Gasteiger partial charge in [-0.2, -0.15) is 0 Å². The van der Waals surface area contributed by atoms with Gasteiger partial charge in [-0.25, -0.2) is 14.6 Å². The number of ether oxygens (including phenoxy) is 3. The molecule has 5 aromatic carbocycles. The number of nitrogens with one attached hydrogen (secondary N) is 2. The van der Waals surface area contributed by atoms with E-state index in [-0.39, 0.29) is 36.3 Å². The maximum absolute atomic E-state index is 12.7. The highest BCUT2D eigenvalue weighted by molar-refractivity contribution is 7.99. The number of carbonyl (C=O) groups excluding carboxylic acids is 1. The predicted octanol–water partition coefficient (Wildman–Crippen LogP) is 9.64. The number of carboxylic acid groups (broad SMARTS) is 1. The molecule has 0 aliphatic carbocycles. The number of amides is 2. The Labute approximate surface area is 329 Å². The number of aliphatic hydroxyl groups excluding tert-OH is 1. The molecule has 0 bridgehead atoms. The number of pyridine rings is 1. The lowest BCUT2D eigenvalue weighted by Gasteiger charge is -2.41. The van der Waals surface area contributed by atoms with Gasteiger partial charge in [0.05, 0.1) is 24.4 Å². The zero-order chi connectivity index (χ0) is 38.9. The number of aromatic carboxylic acids is 1. The molecule has 1 saturated heterocycles. The molecule has 6 aromatic rings. The van der Waals surface area contributed by atoms with Crippen LogP contribution in [0.3, 0.4) is 0 Å². The van der Waals surface area contributed by atoms with E-state index in [0.29, 0.717) is 28.8 Å². The Balaban J connectivity index is 1.00. The van der Waals surface area contributed by atoms with E-state index in [1.807, 2.05) is 103 Å². The normalized spacial score (nSPS) is 17.8. The number of thioether (sulfide) groups is 1. The van der Waals surface area contributed by atoms with Gasteiger partial charge in [0.15, 0.2) is 6.29 Å². The smallest absolute Gasteiger partial charge is 0.338 e. The molecule has 1 aliphatic heterocycles. The molecule has 2 amide bonds. The summed E-state index contributed by atoms with van der Waals surface area (Å²) in [4.78, 5) is 28.9. The number of aliphatic hydroxyl groups is 1. The average molecular weight is 768 g/mol. The van der Waals surface area contributed by atoms with Gasteiger partial charge in [-0.1, -0.05) is 91.9 Å². The Morgan fingerprint density at radius 1 is 0.768 bits per heavy atom. The predicted molar refractivity (Wildman–Crippen MR) is 216 cm³/mol. The van der Waals surface area contributed by atoms with Gasteiger partial charge in [-0.15, -0.1) is 11.8 Å². The summed E-state index contributed by atoms with van der Waals surface area (Å²) in [7, 11) is 0. The Morgan fingerprint density at radius 2 is 1.50 bits per heavy atom. The number of urea groups is 1. The number of carbonyl (C=O) groups is 2. The molecule has 7 rings (SSSR count). The van der Waals surface area contributed by atoms with E-state index < -0.39 is 12.3 Å². The fourth-order valence-corrected chi connectivity index (χ4v) is 7.57. The van der Waals surface area contributed by atoms with Crippen molar-refractivity contribution in [2.75, 3.05) is 11.1 Å². The van der Waals surface area contributed by atoms with Gasteiger partial charge in [-0.3, -0.25) is 0 Å². The Hall–Kier alpha value is -5.98. The average Bonchev–Trinajstić information content (AvgIpc) is 3.24. The summed E-state index contributed by atoms with van der Waals surface area (Å²) in [6.45, 7) is 2.35. The third-order valence-electron chi connectivity index (χ3n) is 9.50. The highest BCUT2D eigenvalue weighted by Crippen LogP contribution is 2.43. The van der Waals surface area contributed by atoms with Gasteiger partial charge < -0.3 is 35.1 Å². The number of aromatic nitrogens is 1. The number of carboxylic acids is 1. The quantitative estimate of drug-likeness (QED) is 0.0846. The molecule has 4 N–H and O–H groups in total. The molecule has 0 unspecified atom stereocenters. The van der Waals surface area contributed by atoms with Crippen LogP contribution in [0.4, 0.5) is 10.5 Å². The summed E-state index contributed by atoms with van der Waals surface area (Å²) in [5.74, 6) is 0.779. The number of benzene rings is 5. The van der Waals surface area contributed by atoms with Crippen LogP contribution in [0.25, 0.3) is 11.1 Å². The minimum atomic E-state index is -1.03. The zero-order valence-electron chi connectivity index (χ0n) is 30.6. The first kappa shape index (κ1) is 38.3. The maximum Gasteiger partial charge on any atom is 0.338 e. The van der Waals surface area contributed by atoms with Gasteiger partial charge in [0.25, 0.3) is 0 Å². The summed E-state index contributed by atoms with van der Waals surface area (Å²) < 4.78 is 19.0. The lowest BCUT2D eigenvalue weighted by molar-refractivity contribution is -0.268. The lowest BCUT2D eigenvalue weighted by Crippen LogP contribution is -2.38. The molecule has 4 atom stereocenters. The molecule has 1 aromatic heterocycles. The van der Waals surface area contributed by atoms with Crippen molar-refractivity contribution in [3.8, 4) is 22.6 Å². The molecular formula is C45H41N3O7S. The third kappa shape index (κ3) is 9.63. The van der Waals surface area contributed by atoms with Crippen molar-refractivity contribution in [1.82, 2.24) is 10.3 Å². The highest BCUT2D eigenvalue weighted by atomic mass is 32.2. The van der Waals surface area contributed by atoms with Crippen molar-refractivity contribution in [1.29, 1.82) is 0 Å². The van der Waals surface area contributed by atoms with Crippen LogP contribution in [0, 0.1) is 5.92 Å². The maximum atomic E-state index is 12.7. The summed E-state index contributed by atoms with van der Waals surface area (Å²) >= 11 is 1.35. The highest BCUT2D eigenvalue weighted by Gasteiger charge is 2.38. The van der Waals surface area contributed by atoms with E-state index in [1.165, 1.54) is 11.8 Å². The van der Waals surface area contributed by atoms with E-state index in [9.17, 15) is 19.8 Å². The largest absolute Gasteiger partial charge is 0.478 e. The monoisotopic (exact) mass is 767 g/mol. The second-order valence-electron chi connectivity index (χ2n) is 13.4. The molecular weight excluding hydrogens is 727 g/mol. The van der Waals surface area contributed by atoms with Crippen LogP contribution in [0.5, 0.6) is 11.5 Å². The standard InChI is InChI=1S/C45H41N3O7S/c1-29-40(28-56-42-39(43(50)51)11-6-24-46-42)54-44(55-41(29)33-14-12-30(27-49)13-15-33)34-18-16-32(17-19-34)35-8-5-7-31(25-35)26-47-45(52)48-36-20-22-38(23-21-36)53-37-9-3-2-4-10-37/h2-25,29,40-41,44,49H,26-28H2,1H3,(H,50,51)(H2,47,48,52)/t29-,40+,41+,44+/m1/s1. The summed E-state index contributed by atoms with van der Waals surface area (Å²) in [5.41, 5.74) is 6.33.